The van der Waals surface area contributed by atoms with Gasteiger partial charge in [-0.05, 0) is 53.1 Å². The van der Waals surface area contributed by atoms with Crippen LogP contribution in [0.4, 0.5) is 24.5 Å². The summed E-state index contributed by atoms with van der Waals surface area (Å²) in [5.74, 6) is -4.21. The zero-order chi connectivity index (χ0) is 35.2. The minimum absolute atomic E-state index is 0.104. The van der Waals surface area contributed by atoms with E-state index in [0.717, 1.165) is 12.1 Å². The van der Waals surface area contributed by atoms with Crippen LogP contribution < -0.4 is 0 Å². The molecule has 0 saturated carbocycles. The second kappa shape index (κ2) is 12.2. The summed E-state index contributed by atoms with van der Waals surface area (Å²) in [7, 11) is 0. The molecule has 0 aliphatic carbocycles. The van der Waals surface area contributed by atoms with Gasteiger partial charge in [0.25, 0.3) is 0 Å². The van der Waals surface area contributed by atoms with Gasteiger partial charge in [0, 0.05) is 27.3 Å². The highest BCUT2D eigenvalue weighted by Crippen LogP contribution is 2.45. The summed E-state index contributed by atoms with van der Waals surface area (Å²) in [4.78, 5) is 22.8. The molecule has 0 amide bonds. The largest absolute Gasteiger partial charge is 0.248 e. The van der Waals surface area contributed by atoms with Crippen LogP contribution in [-0.2, 0) is 0 Å². The number of nitrogens with zero attached hydrogens (tertiary/aromatic N) is 6. The molecule has 6 nitrogen and oxygen atoms in total. The van der Waals surface area contributed by atoms with E-state index in [-0.39, 0.29) is 11.3 Å². The van der Waals surface area contributed by atoms with Crippen molar-refractivity contribution in [3.05, 3.63) is 161 Å². The van der Waals surface area contributed by atoms with E-state index in [4.69, 9.17) is 28.1 Å². The SMILES string of the molecule is [C-]#[N+]c1ccc(-c2nc3cc([N+]#[C-])c4c(-c5ccccc5-c5cc(F)c(F)c(F)c5)nc5ccccc5c4c3nc2-c2ccc(C#N)cc2)cc1. The summed E-state index contributed by atoms with van der Waals surface area (Å²) < 4.78 is 43.0. The smallest absolute Gasteiger partial charge is 0.199 e. The summed E-state index contributed by atoms with van der Waals surface area (Å²) in [5.41, 5.74) is 6.43. The van der Waals surface area contributed by atoms with Gasteiger partial charge in [-0.25, -0.2) is 37.8 Å². The molecular formula is C42H19F3N6. The van der Waals surface area contributed by atoms with Crippen molar-refractivity contribution in [1.29, 1.82) is 5.26 Å². The third kappa shape index (κ3) is 5.16. The number of halogens is 3. The van der Waals surface area contributed by atoms with Crippen LogP contribution in [0.15, 0.2) is 115 Å². The summed E-state index contributed by atoms with van der Waals surface area (Å²) in [6, 6.07) is 33.9. The van der Waals surface area contributed by atoms with Gasteiger partial charge >= 0.3 is 0 Å². The van der Waals surface area contributed by atoms with Gasteiger partial charge in [0.1, 0.15) is 0 Å². The first-order chi connectivity index (χ1) is 24.9. The van der Waals surface area contributed by atoms with Gasteiger partial charge in [-0.1, -0.05) is 78.9 Å². The molecule has 0 atom stereocenters. The first-order valence-electron chi connectivity index (χ1n) is 15.6. The van der Waals surface area contributed by atoms with Crippen molar-refractivity contribution in [2.75, 3.05) is 0 Å². The normalized spacial score (nSPS) is 11.0. The van der Waals surface area contributed by atoms with Crippen LogP contribution in [0.5, 0.6) is 0 Å². The van der Waals surface area contributed by atoms with Gasteiger partial charge in [0.2, 0.25) is 0 Å². The quantitative estimate of drug-likeness (QED) is 0.107. The highest BCUT2D eigenvalue weighted by molar-refractivity contribution is 6.25. The Morgan fingerprint density at radius 3 is 1.84 bits per heavy atom. The van der Waals surface area contributed by atoms with Gasteiger partial charge in [-0.15, -0.1) is 0 Å². The minimum atomic E-state index is -1.56. The number of benzene rings is 6. The maximum atomic E-state index is 14.5. The molecule has 0 aliphatic rings. The Morgan fingerprint density at radius 2 is 1.18 bits per heavy atom. The number of hydrogen-bond donors (Lipinski definition) is 0. The lowest BCUT2D eigenvalue weighted by molar-refractivity contribution is 0.448. The Kier molecular flexibility index (Phi) is 7.41. The van der Waals surface area contributed by atoms with E-state index in [1.807, 2.05) is 24.3 Å². The standard InChI is InChI=1S/C42H19F3N6/c1-47-27-17-15-25(16-18-27)39-40(24-13-11-23(22-46)12-14-24)51-42-35(50-39)21-34(48-2)37-36(42)30-9-5-6-10-33(30)49-41(37)29-8-4-3-7-28(29)26-19-31(43)38(45)32(44)20-26/h3-21H. The Bertz CT molecular complexity index is 2840. The van der Waals surface area contributed by atoms with Gasteiger partial charge < -0.3 is 0 Å². The lowest BCUT2D eigenvalue weighted by Crippen LogP contribution is -1.99. The van der Waals surface area contributed by atoms with Crippen LogP contribution in [0.3, 0.4) is 0 Å². The molecule has 0 aliphatic heterocycles. The van der Waals surface area contributed by atoms with Gasteiger partial charge in [0.05, 0.1) is 58.4 Å². The number of pyridine rings is 1. The van der Waals surface area contributed by atoms with Gasteiger partial charge in [0.15, 0.2) is 28.8 Å². The first-order valence-corrected chi connectivity index (χ1v) is 15.6. The second-order valence-corrected chi connectivity index (χ2v) is 11.7. The van der Waals surface area contributed by atoms with Crippen LogP contribution in [0, 0.1) is 41.9 Å². The van der Waals surface area contributed by atoms with Crippen LogP contribution >= 0.6 is 0 Å². The number of nitriles is 1. The first kappa shape index (κ1) is 30.9. The van der Waals surface area contributed by atoms with E-state index in [1.165, 1.54) is 0 Å². The Labute approximate surface area is 289 Å². The Hall–Kier alpha value is -7.41. The summed E-state index contributed by atoms with van der Waals surface area (Å²) in [6.07, 6.45) is 0. The minimum Gasteiger partial charge on any atom is -0.248 e. The molecule has 0 fully saturated rings. The number of para-hydroxylation sites is 1. The fourth-order valence-electron chi connectivity index (χ4n) is 6.38. The zero-order valence-electron chi connectivity index (χ0n) is 26.3. The van der Waals surface area contributed by atoms with Crippen molar-refractivity contribution in [2.45, 2.75) is 0 Å². The van der Waals surface area contributed by atoms with E-state index in [1.54, 1.807) is 78.9 Å². The molecule has 0 bridgehead atoms. The van der Waals surface area contributed by atoms with Crippen molar-refractivity contribution in [3.8, 4) is 51.0 Å². The van der Waals surface area contributed by atoms with Gasteiger partial charge in [-0.3, -0.25) is 0 Å². The van der Waals surface area contributed by atoms with E-state index in [2.05, 4.69) is 15.8 Å². The van der Waals surface area contributed by atoms with Crippen molar-refractivity contribution >= 4 is 44.1 Å². The molecule has 8 aromatic rings. The lowest BCUT2D eigenvalue weighted by atomic mass is 9.92. The molecule has 0 saturated heterocycles. The van der Waals surface area contributed by atoms with Crippen molar-refractivity contribution in [1.82, 2.24) is 15.0 Å². The summed E-state index contributed by atoms with van der Waals surface area (Å²) >= 11 is 0. The van der Waals surface area contributed by atoms with Crippen molar-refractivity contribution in [2.24, 2.45) is 0 Å². The average Bonchev–Trinajstić information content (AvgIpc) is 3.18. The number of hydrogen-bond acceptors (Lipinski definition) is 4. The Balaban J connectivity index is 1.51. The molecule has 0 N–H and O–H groups in total. The molecule has 238 valence electrons. The molecule has 8 rings (SSSR count). The van der Waals surface area contributed by atoms with Gasteiger partial charge in [-0.2, -0.15) is 5.26 Å². The van der Waals surface area contributed by atoms with Crippen LogP contribution in [0.2, 0.25) is 0 Å². The Morgan fingerprint density at radius 1 is 0.569 bits per heavy atom. The van der Waals surface area contributed by atoms with Crippen LogP contribution in [0.25, 0.3) is 87.3 Å². The lowest BCUT2D eigenvalue weighted by Gasteiger charge is -2.18. The van der Waals surface area contributed by atoms with E-state index in [0.29, 0.717) is 83.3 Å². The molecule has 0 radical (unpaired) electrons. The topological polar surface area (TPSA) is 71.2 Å². The number of fused-ring (bicyclic) bond motifs is 5. The maximum absolute atomic E-state index is 14.5. The molecule has 0 unspecified atom stereocenters. The summed E-state index contributed by atoms with van der Waals surface area (Å²) in [6.45, 7) is 15.7. The molecule has 9 heteroatoms. The van der Waals surface area contributed by atoms with E-state index < -0.39 is 17.5 Å². The highest BCUT2D eigenvalue weighted by Gasteiger charge is 2.23. The molecule has 51 heavy (non-hydrogen) atoms. The zero-order valence-corrected chi connectivity index (χ0v) is 26.3. The molecule has 2 heterocycles. The fourth-order valence-corrected chi connectivity index (χ4v) is 6.38. The predicted octanol–water partition coefficient (Wildman–Crippen LogP) is 11.4. The van der Waals surface area contributed by atoms with Crippen LogP contribution in [-0.4, -0.2) is 15.0 Å². The average molecular weight is 665 g/mol. The number of aromatic nitrogens is 3. The number of rotatable bonds is 4. The molecule has 6 aromatic carbocycles. The highest BCUT2D eigenvalue weighted by atomic mass is 19.2. The van der Waals surface area contributed by atoms with E-state index >= 15 is 0 Å². The van der Waals surface area contributed by atoms with E-state index in [9.17, 15) is 18.4 Å². The van der Waals surface area contributed by atoms with Crippen LogP contribution in [0.1, 0.15) is 5.56 Å². The monoisotopic (exact) mass is 664 g/mol. The van der Waals surface area contributed by atoms with Crippen molar-refractivity contribution in [3.63, 3.8) is 0 Å². The fraction of sp³-hybridized carbons (Fsp3) is 0. The second-order valence-electron chi connectivity index (χ2n) is 11.7. The third-order valence-electron chi connectivity index (χ3n) is 8.74. The molecule has 0 spiro atoms. The maximum Gasteiger partial charge on any atom is 0.199 e. The molecular weight excluding hydrogens is 645 g/mol. The molecule has 2 aromatic heterocycles. The van der Waals surface area contributed by atoms with Crippen molar-refractivity contribution < 1.29 is 13.2 Å². The summed E-state index contributed by atoms with van der Waals surface area (Å²) in [5, 5.41) is 11.2. The predicted molar refractivity (Wildman–Crippen MR) is 191 cm³/mol. The third-order valence-corrected chi connectivity index (χ3v) is 8.74.